The van der Waals surface area contributed by atoms with E-state index in [1.54, 1.807) is 42.6 Å². The van der Waals surface area contributed by atoms with Crippen LogP contribution in [0, 0.1) is 5.82 Å². The van der Waals surface area contributed by atoms with E-state index in [0.29, 0.717) is 23.6 Å². The highest BCUT2D eigenvalue weighted by molar-refractivity contribution is 5.93. The number of carbonyl (C=O) groups excluding carboxylic acids is 1. The summed E-state index contributed by atoms with van der Waals surface area (Å²) in [5.74, 6) is 0.515. The third-order valence-corrected chi connectivity index (χ3v) is 3.33. The van der Waals surface area contributed by atoms with Crippen LogP contribution in [-0.4, -0.2) is 10.9 Å². The normalized spacial score (nSPS) is 10.2. The lowest BCUT2D eigenvalue weighted by Crippen LogP contribution is -2.22. The van der Waals surface area contributed by atoms with Crippen molar-refractivity contribution >= 4 is 5.91 Å². The maximum Gasteiger partial charge on any atom is 0.253 e. The predicted molar refractivity (Wildman–Crippen MR) is 88.3 cm³/mol. The Morgan fingerprint density at radius 2 is 1.88 bits per heavy atom. The van der Waals surface area contributed by atoms with Gasteiger partial charge in [0.25, 0.3) is 5.91 Å². The zero-order valence-corrected chi connectivity index (χ0v) is 12.8. The first kappa shape index (κ1) is 15.7. The largest absolute Gasteiger partial charge is 0.457 e. The predicted octanol–water partition coefficient (Wildman–Crippen LogP) is 3.94. The lowest BCUT2D eigenvalue weighted by molar-refractivity contribution is 0.0950. The van der Waals surface area contributed by atoms with Crippen molar-refractivity contribution in [3.8, 4) is 11.5 Å². The van der Waals surface area contributed by atoms with Gasteiger partial charge >= 0.3 is 0 Å². The van der Waals surface area contributed by atoms with E-state index in [1.165, 1.54) is 18.3 Å². The van der Waals surface area contributed by atoms with Gasteiger partial charge in [-0.3, -0.25) is 9.78 Å². The van der Waals surface area contributed by atoms with Crippen molar-refractivity contribution in [3.63, 3.8) is 0 Å². The standard InChI is InChI=1S/C19H15FN2O2/c20-16-4-1-5-18(11-16)24-17-8-6-14(7-9-17)12-22-19(23)15-3-2-10-21-13-15/h1-11,13H,12H2,(H,22,23). The van der Waals surface area contributed by atoms with Crippen LogP contribution in [0.2, 0.25) is 0 Å². The highest BCUT2D eigenvalue weighted by Gasteiger charge is 2.05. The summed E-state index contributed by atoms with van der Waals surface area (Å²) >= 11 is 0. The molecule has 0 spiro atoms. The molecule has 0 unspecified atom stereocenters. The van der Waals surface area contributed by atoms with Gasteiger partial charge in [-0.1, -0.05) is 18.2 Å². The minimum atomic E-state index is -0.345. The number of carbonyl (C=O) groups is 1. The zero-order valence-electron chi connectivity index (χ0n) is 12.8. The van der Waals surface area contributed by atoms with E-state index in [9.17, 15) is 9.18 Å². The molecule has 24 heavy (non-hydrogen) atoms. The number of aromatic nitrogens is 1. The molecule has 1 heterocycles. The number of ether oxygens (including phenoxy) is 1. The van der Waals surface area contributed by atoms with Crippen LogP contribution < -0.4 is 10.1 Å². The van der Waals surface area contributed by atoms with Crippen molar-refractivity contribution in [1.29, 1.82) is 0 Å². The first-order chi connectivity index (χ1) is 11.7. The first-order valence-corrected chi connectivity index (χ1v) is 7.41. The van der Waals surface area contributed by atoms with Crippen molar-refractivity contribution in [2.45, 2.75) is 6.54 Å². The number of pyridine rings is 1. The number of hydrogen-bond acceptors (Lipinski definition) is 3. The van der Waals surface area contributed by atoms with Gasteiger partial charge in [0.05, 0.1) is 5.56 Å². The Morgan fingerprint density at radius 1 is 1.04 bits per heavy atom. The topological polar surface area (TPSA) is 51.2 Å². The number of halogens is 1. The maximum absolute atomic E-state index is 13.1. The van der Waals surface area contributed by atoms with E-state index in [0.717, 1.165) is 5.56 Å². The number of amides is 1. The molecule has 0 saturated heterocycles. The monoisotopic (exact) mass is 322 g/mol. The summed E-state index contributed by atoms with van der Waals surface area (Å²) in [5, 5.41) is 2.82. The molecule has 0 aliphatic carbocycles. The summed E-state index contributed by atoms with van der Waals surface area (Å²) in [7, 11) is 0. The van der Waals surface area contributed by atoms with Gasteiger partial charge < -0.3 is 10.1 Å². The Morgan fingerprint density at radius 3 is 2.58 bits per heavy atom. The quantitative estimate of drug-likeness (QED) is 0.774. The Kier molecular flexibility index (Phi) is 4.81. The minimum absolute atomic E-state index is 0.178. The number of hydrogen-bond donors (Lipinski definition) is 1. The molecular formula is C19H15FN2O2. The summed E-state index contributed by atoms with van der Waals surface area (Å²) in [6.45, 7) is 0.397. The second kappa shape index (κ2) is 7.37. The summed E-state index contributed by atoms with van der Waals surface area (Å²) in [6.07, 6.45) is 3.14. The third-order valence-electron chi connectivity index (χ3n) is 3.33. The second-order valence-corrected chi connectivity index (χ2v) is 5.13. The molecule has 0 saturated carbocycles. The highest BCUT2D eigenvalue weighted by Crippen LogP contribution is 2.22. The van der Waals surface area contributed by atoms with Gasteiger partial charge in [0.2, 0.25) is 0 Å². The molecule has 0 atom stereocenters. The molecule has 4 nitrogen and oxygen atoms in total. The Balaban J connectivity index is 1.57. The van der Waals surface area contributed by atoms with Crippen molar-refractivity contribution in [2.24, 2.45) is 0 Å². The maximum atomic E-state index is 13.1. The molecule has 2 aromatic carbocycles. The first-order valence-electron chi connectivity index (χ1n) is 7.41. The van der Waals surface area contributed by atoms with Gasteiger partial charge in [0, 0.05) is 25.0 Å². The van der Waals surface area contributed by atoms with Crippen molar-refractivity contribution < 1.29 is 13.9 Å². The lowest BCUT2D eigenvalue weighted by atomic mass is 10.2. The molecule has 3 rings (SSSR count). The van der Waals surface area contributed by atoms with Crippen LogP contribution in [0.15, 0.2) is 73.1 Å². The summed E-state index contributed by atoms with van der Waals surface area (Å²) in [6, 6.07) is 16.6. The van der Waals surface area contributed by atoms with Crippen molar-refractivity contribution in [3.05, 3.63) is 90.0 Å². The van der Waals surface area contributed by atoms with E-state index in [1.807, 2.05) is 12.1 Å². The van der Waals surface area contributed by atoms with E-state index < -0.39 is 0 Å². The molecule has 1 N–H and O–H groups in total. The van der Waals surface area contributed by atoms with Crippen LogP contribution in [0.5, 0.6) is 11.5 Å². The van der Waals surface area contributed by atoms with Gasteiger partial charge in [0.15, 0.2) is 0 Å². The second-order valence-electron chi connectivity index (χ2n) is 5.13. The molecule has 0 bridgehead atoms. The van der Waals surface area contributed by atoms with E-state index >= 15 is 0 Å². The van der Waals surface area contributed by atoms with E-state index in [-0.39, 0.29) is 11.7 Å². The zero-order chi connectivity index (χ0) is 16.8. The van der Waals surface area contributed by atoms with Crippen molar-refractivity contribution in [2.75, 3.05) is 0 Å². The molecule has 0 fully saturated rings. The van der Waals surface area contributed by atoms with Gasteiger partial charge in [-0.05, 0) is 42.0 Å². The van der Waals surface area contributed by atoms with Crippen LogP contribution in [-0.2, 0) is 6.54 Å². The average Bonchev–Trinajstić information content (AvgIpc) is 2.62. The van der Waals surface area contributed by atoms with Crippen LogP contribution in [0.25, 0.3) is 0 Å². The molecule has 0 radical (unpaired) electrons. The molecule has 3 aromatic rings. The average molecular weight is 322 g/mol. The summed E-state index contributed by atoms with van der Waals surface area (Å²) in [4.78, 5) is 15.9. The third kappa shape index (κ3) is 4.16. The van der Waals surface area contributed by atoms with Crippen LogP contribution in [0.4, 0.5) is 4.39 Å². The summed E-state index contributed by atoms with van der Waals surface area (Å²) < 4.78 is 18.7. The number of nitrogens with zero attached hydrogens (tertiary/aromatic N) is 1. The fourth-order valence-corrected chi connectivity index (χ4v) is 2.12. The highest BCUT2D eigenvalue weighted by atomic mass is 19.1. The molecule has 5 heteroatoms. The Bertz CT molecular complexity index is 820. The molecule has 120 valence electrons. The smallest absolute Gasteiger partial charge is 0.253 e. The molecule has 1 amide bonds. The molecule has 0 aliphatic heterocycles. The lowest BCUT2D eigenvalue weighted by Gasteiger charge is -2.08. The van der Waals surface area contributed by atoms with E-state index in [4.69, 9.17) is 4.74 Å². The SMILES string of the molecule is O=C(NCc1ccc(Oc2cccc(F)c2)cc1)c1cccnc1. The van der Waals surface area contributed by atoms with Gasteiger partial charge in [0.1, 0.15) is 17.3 Å². The molecular weight excluding hydrogens is 307 g/mol. The number of rotatable bonds is 5. The minimum Gasteiger partial charge on any atom is -0.457 e. The van der Waals surface area contributed by atoms with E-state index in [2.05, 4.69) is 10.3 Å². The number of benzene rings is 2. The molecule has 0 aliphatic rings. The summed E-state index contributed by atoms with van der Waals surface area (Å²) in [5.41, 5.74) is 1.45. The van der Waals surface area contributed by atoms with Crippen LogP contribution >= 0.6 is 0 Å². The van der Waals surface area contributed by atoms with Crippen molar-refractivity contribution in [1.82, 2.24) is 10.3 Å². The Labute approximate surface area is 138 Å². The molecule has 1 aromatic heterocycles. The fraction of sp³-hybridized carbons (Fsp3) is 0.0526. The number of nitrogens with one attached hydrogen (secondary N) is 1. The Hall–Kier alpha value is -3.21. The van der Waals surface area contributed by atoms with Gasteiger partial charge in [-0.25, -0.2) is 4.39 Å². The fourth-order valence-electron chi connectivity index (χ4n) is 2.12. The van der Waals surface area contributed by atoms with Gasteiger partial charge in [-0.2, -0.15) is 0 Å². The van der Waals surface area contributed by atoms with Gasteiger partial charge in [-0.15, -0.1) is 0 Å². The van der Waals surface area contributed by atoms with Crippen LogP contribution in [0.3, 0.4) is 0 Å². The van der Waals surface area contributed by atoms with Crippen LogP contribution in [0.1, 0.15) is 15.9 Å².